The van der Waals surface area contributed by atoms with Crippen molar-refractivity contribution in [2.75, 3.05) is 0 Å². The third-order valence-electron chi connectivity index (χ3n) is 3.49. The molecule has 0 heterocycles. The van der Waals surface area contributed by atoms with E-state index in [1.165, 1.54) is 6.07 Å². The largest absolute Gasteiger partial charge is 0.423 e. The van der Waals surface area contributed by atoms with Crippen LogP contribution in [0, 0.1) is 10.1 Å². The van der Waals surface area contributed by atoms with Gasteiger partial charge in [-0.15, -0.1) is 0 Å². The number of benzene rings is 3. The quantitative estimate of drug-likeness (QED) is 0.308. The van der Waals surface area contributed by atoms with Crippen molar-refractivity contribution in [2.24, 2.45) is 0 Å². The fourth-order valence-electron chi connectivity index (χ4n) is 2.32. The van der Waals surface area contributed by atoms with Crippen molar-refractivity contribution in [1.82, 2.24) is 0 Å². The molecule has 0 fully saturated rings. The van der Waals surface area contributed by atoms with Gasteiger partial charge in [0.1, 0.15) is 5.75 Å². The van der Waals surface area contributed by atoms with Crippen molar-refractivity contribution in [3.8, 4) is 16.9 Å². The molecule has 5 nitrogen and oxygen atoms in total. The van der Waals surface area contributed by atoms with E-state index in [1.807, 2.05) is 6.07 Å². The van der Waals surface area contributed by atoms with Crippen LogP contribution >= 0.6 is 0 Å². The number of rotatable bonds is 4. The smallest absolute Gasteiger partial charge is 0.343 e. The maximum absolute atomic E-state index is 12.0. The van der Waals surface area contributed by atoms with Gasteiger partial charge in [-0.05, 0) is 35.9 Å². The van der Waals surface area contributed by atoms with Crippen LogP contribution in [-0.4, -0.2) is 10.9 Å². The van der Waals surface area contributed by atoms with Crippen LogP contribution in [0.3, 0.4) is 0 Å². The number of esters is 1. The van der Waals surface area contributed by atoms with Gasteiger partial charge < -0.3 is 4.74 Å². The second-order valence-electron chi connectivity index (χ2n) is 5.05. The summed E-state index contributed by atoms with van der Waals surface area (Å²) in [6.07, 6.45) is 0. The van der Waals surface area contributed by atoms with Gasteiger partial charge in [0.2, 0.25) is 0 Å². The number of para-hydroxylation sites is 1. The molecule has 0 aliphatic rings. The Bertz CT molecular complexity index is 873. The van der Waals surface area contributed by atoms with Gasteiger partial charge >= 0.3 is 5.97 Å². The lowest BCUT2D eigenvalue weighted by Crippen LogP contribution is -2.07. The predicted molar refractivity (Wildman–Crippen MR) is 89.9 cm³/mol. The lowest BCUT2D eigenvalue weighted by molar-refractivity contribution is -0.384. The molecular formula is C19H13NO4. The summed E-state index contributed by atoms with van der Waals surface area (Å²) in [5.74, 6) is -0.0692. The van der Waals surface area contributed by atoms with E-state index in [0.29, 0.717) is 22.4 Å². The number of hydrogen-bond acceptors (Lipinski definition) is 4. The van der Waals surface area contributed by atoms with Gasteiger partial charge in [0.05, 0.1) is 16.1 Å². The molecule has 0 unspecified atom stereocenters. The average Bonchev–Trinajstić information content (AvgIpc) is 2.63. The SMILES string of the molecule is O=C(Oc1ccc(-c2ccccc2[N+](=O)[O-])cc1)c1ccccc1. The number of hydrogen-bond donors (Lipinski definition) is 0. The molecule has 3 rings (SSSR count). The molecule has 0 N–H and O–H groups in total. The Balaban J connectivity index is 1.82. The van der Waals surface area contributed by atoms with E-state index < -0.39 is 10.9 Å². The van der Waals surface area contributed by atoms with E-state index in [1.54, 1.807) is 66.7 Å². The first kappa shape index (κ1) is 15.4. The molecule has 0 bridgehead atoms. The molecule has 0 spiro atoms. The Morgan fingerprint density at radius 2 is 1.46 bits per heavy atom. The Morgan fingerprint density at radius 3 is 2.12 bits per heavy atom. The Kier molecular flexibility index (Phi) is 4.34. The number of ether oxygens (including phenoxy) is 1. The highest BCUT2D eigenvalue weighted by Gasteiger charge is 2.14. The Labute approximate surface area is 138 Å². The van der Waals surface area contributed by atoms with Crippen LogP contribution in [0.4, 0.5) is 5.69 Å². The summed E-state index contributed by atoms with van der Waals surface area (Å²) in [5.41, 5.74) is 1.69. The van der Waals surface area contributed by atoms with E-state index in [0.717, 1.165) is 0 Å². The van der Waals surface area contributed by atoms with Gasteiger partial charge in [-0.1, -0.05) is 42.5 Å². The maximum Gasteiger partial charge on any atom is 0.343 e. The normalized spacial score (nSPS) is 10.2. The minimum Gasteiger partial charge on any atom is -0.423 e. The third-order valence-corrected chi connectivity index (χ3v) is 3.49. The summed E-state index contributed by atoms with van der Waals surface area (Å²) in [6, 6.07) is 21.8. The molecule has 0 aliphatic carbocycles. The molecule has 0 radical (unpaired) electrons. The molecular weight excluding hydrogens is 306 g/mol. The molecule has 3 aromatic rings. The average molecular weight is 319 g/mol. The van der Waals surface area contributed by atoms with Crippen LogP contribution < -0.4 is 4.74 Å². The monoisotopic (exact) mass is 319 g/mol. The van der Waals surface area contributed by atoms with E-state index in [9.17, 15) is 14.9 Å². The summed E-state index contributed by atoms with van der Waals surface area (Å²) in [5, 5.41) is 11.1. The fourth-order valence-corrected chi connectivity index (χ4v) is 2.32. The van der Waals surface area contributed by atoms with Crippen LogP contribution in [0.25, 0.3) is 11.1 Å². The summed E-state index contributed by atoms with van der Waals surface area (Å²) < 4.78 is 5.30. The van der Waals surface area contributed by atoms with E-state index in [4.69, 9.17) is 4.74 Å². The van der Waals surface area contributed by atoms with Gasteiger partial charge in [0.15, 0.2) is 0 Å². The minimum atomic E-state index is -0.450. The molecule has 24 heavy (non-hydrogen) atoms. The highest BCUT2D eigenvalue weighted by Crippen LogP contribution is 2.30. The molecule has 0 saturated heterocycles. The van der Waals surface area contributed by atoms with Crippen molar-refractivity contribution in [1.29, 1.82) is 0 Å². The van der Waals surface area contributed by atoms with Crippen LogP contribution in [0.1, 0.15) is 10.4 Å². The van der Waals surface area contributed by atoms with Crippen LogP contribution in [-0.2, 0) is 0 Å². The van der Waals surface area contributed by atoms with E-state index in [2.05, 4.69) is 0 Å². The highest BCUT2D eigenvalue weighted by atomic mass is 16.6. The van der Waals surface area contributed by atoms with Gasteiger partial charge in [-0.3, -0.25) is 10.1 Å². The molecule has 118 valence electrons. The Hall–Kier alpha value is -3.47. The second-order valence-corrected chi connectivity index (χ2v) is 5.05. The van der Waals surface area contributed by atoms with Gasteiger partial charge in [0.25, 0.3) is 5.69 Å². The molecule has 0 aliphatic heterocycles. The lowest BCUT2D eigenvalue weighted by atomic mass is 10.0. The lowest BCUT2D eigenvalue weighted by Gasteiger charge is -2.06. The van der Waals surface area contributed by atoms with Crippen molar-refractivity contribution < 1.29 is 14.5 Å². The fraction of sp³-hybridized carbons (Fsp3) is 0. The first-order valence-electron chi connectivity index (χ1n) is 7.26. The van der Waals surface area contributed by atoms with Gasteiger partial charge in [-0.2, -0.15) is 0 Å². The maximum atomic E-state index is 12.0. The van der Waals surface area contributed by atoms with Crippen LogP contribution in [0.5, 0.6) is 5.75 Å². The minimum absolute atomic E-state index is 0.0338. The van der Waals surface area contributed by atoms with Crippen molar-refractivity contribution in [3.63, 3.8) is 0 Å². The summed E-state index contributed by atoms with van der Waals surface area (Å²) in [7, 11) is 0. The van der Waals surface area contributed by atoms with E-state index >= 15 is 0 Å². The van der Waals surface area contributed by atoms with Crippen molar-refractivity contribution in [2.45, 2.75) is 0 Å². The van der Waals surface area contributed by atoms with Crippen LogP contribution in [0.2, 0.25) is 0 Å². The summed E-state index contributed by atoms with van der Waals surface area (Å²) >= 11 is 0. The molecule has 0 atom stereocenters. The van der Waals surface area contributed by atoms with Crippen molar-refractivity contribution in [3.05, 3.63) is 94.5 Å². The van der Waals surface area contributed by atoms with Crippen LogP contribution in [0.15, 0.2) is 78.9 Å². The second kappa shape index (κ2) is 6.75. The molecule has 0 aromatic heterocycles. The number of nitrogens with zero attached hydrogens (tertiary/aromatic N) is 1. The highest BCUT2D eigenvalue weighted by molar-refractivity contribution is 5.91. The van der Waals surface area contributed by atoms with E-state index in [-0.39, 0.29) is 5.69 Å². The zero-order valence-corrected chi connectivity index (χ0v) is 12.6. The predicted octanol–water partition coefficient (Wildman–Crippen LogP) is 4.48. The molecule has 0 saturated carbocycles. The number of nitro benzene ring substituents is 1. The molecule has 5 heteroatoms. The molecule has 3 aromatic carbocycles. The third kappa shape index (κ3) is 3.30. The van der Waals surface area contributed by atoms with Gasteiger partial charge in [0, 0.05) is 6.07 Å². The zero-order chi connectivity index (χ0) is 16.9. The number of nitro groups is 1. The number of carbonyl (C=O) groups excluding carboxylic acids is 1. The van der Waals surface area contributed by atoms with Crippen molar-refractivity contribution >= 4 is 11.7 Å². The first-order valence-corrected chi connectivity index (χ1v) is 7.26. The number of carbonyl (C=O) groups is 1. The van der Waals surface area contributed by atoms with Gasteiger partial charge in [-0.25, -0.2) is 4.79 Å². The molecule has 0 amide bonds. The Morgan fingerprint density at radius 1 is 0.833 bits per heavy atom. The zero-order valence-electron chi connectivity index (χ0n) is 12.6. The summed E-state index contributed by atoms with van der Waals surface area (Å²) in [4.78, 5) is 22.7. The standard InChI is InChI=1S/C19H13NO4/c21-19(15-6-2-1-3-7-15)24-16-12-10-14(11-13-16)17-8-4-5-9-18(17)20(22)23/h1-13H. The first-order chi connectivity index (χ1) is 11.6. The summed E-state index contributed by atoms with van der Waals surface area (Å²) in [6.45, 7) is 0. The topological polar surface area (TPSA) is 69.4 Å².